The first-order valence-corrected chi connectivity index (χ1v) is 26.6. The number of rotatable bonds is 11. The van der Waals surface area contributed by atoms with E-state index in [0.29, 0.717) is 11.3 Å². The van der Waals surface area contributed by atoms with Crippen molar-refractivity contribution >= 4 is 21.9 Å². The molecular formula is C76H48IrN3O. The van der Waals surface area contributed by atoms with Gasteiger partial charge in [-0.2, -0.15) is 0 Å². The molecule has 14 rings (SSSR count). The first kappa shape index (κ1) is 47.1. The van der Waals surface area contributed by atoms with Gasteiger partial charge in [0.2, 0.25) is 0 Å². The van der Waals surface area contributed by atoms with Crippen LogP contribution in [0.5, 0.6) is 0 Å². The number of fused-ring (bicyclic) bond motifs is 3. The number of hydrogen-bond acceptors (Lipinski definition) is 4. The average Bonchev–Trinajstić information content (AvgIpc) is 3.65. The van der Waals surface area contributed by atoms with Gasteiger partial charge >= 0.3 is 20.1 Å². The van der Waals surface area contributed by atoms with Crippen LogP contribution in [0.25, 0.3) is 145 Å². The van der Waals surface area contributed by atoms with Gasteiger partial charge in [0.1, 0.15) is 11.2 Å². The maximum atomic E-state index is 8.26. The Bertz CT molecular complexity index is 4570. The number of aromatic nitrogens is 3. The predicted octanol–water partition coefficient (Wildman–Crippen LogP) is 19.8. The first-order valence-electron chi connectivity index (χ1n) is 28.1. The van der Waals surface area contributed by atoms with Crippen LogP contribution in [0.3, 0.4) is 0 Å². The molecule has 0 aliphatic rings. The molecule has 0 bridgehead atoms. The van der Waals surface area contributed by atoms with Gasteiger partial charge in [-0.3, -0.25) is 0 Å². The van der Waals surface area contributed by atoms with Crippen LogP contribution in [-0.2, 0) is 20.1 Å². The minimum Gasteiger partial charge on any atom is -0.456 e. The quantitative estimate of drug-likeness (QED) is 0.121. The molecule has 382 valence electrons. The van der Waals surface area contributed by atoms with Crippen molar-refractivity contribution in [2.75, 3.05) is 0 Å². The van der Waals surface area contributed by atoms with E-state index in [2.05, 4.69) is 210 Å². The topological polar surface area (TPSA) is 51.8 Å². The molecule has 0 amide bonds. The fourth-order valence-electron chi connectivity index (χ4n) is 11.0. The van der Waals surface area contributed by atoms with Crippen molar-refractivity contribution in [1.29, 1.82) is 0 Å². The van der Waals surface area contributed by atoms with Gasteiger partial charge in [-0.25, -0.2) is 0 Å². The molecule has 4 nitrogen and oxygen atoms in total. The summed E-state index contributed by atoms with van der Waals surface area (Å²) in [6.45, 7) is -2.31. The second-order valence-electron chi connectivity index (χ2n) is 19.8. The van der Waals surface area contributed by atoms with Crippen molar-refractivity contribution in [2.24, 2.45) is 0 Å². The maximum Gasteiger partial charge on any atom is 3.00 e. The summed E-state index contributed by atoms with van der Waals surface area (Å²) in [5, 5.41) is 2.15. The van der Waals surface area contributed by atoms with Crippen LogP contribution >= 0.6 is 0 Å². The number of pyridine rings is 3. The summed E-state index contributed by atoms with van der Waals surface area (Å²) in [4.78, 5) is 13.9. The minimum absolute atomic E-state index is 0. The molecule has 0 saturated heterocycles. The summed E-state index contributed by atoms with van der Waals surface area (Å²) in [6, 6.07) is 98.2. The fraction of sp³-hybridized carbons (Fsp3) is 0.0132. The van der Waals surface area contributed by atoms with Crippen LogP contribution in [0, 0.1) is 25.1 Å². The van der Waals surface area contributed by atoms with Gasteiger partial charge in [-0.1, -0.05) is 190 Å². The van der Waals surface area contributed by atoms with Gasteiger partial charge in [-0.15, -0.1) is 83.4 Å². The zero-order chi connectivity index (χ0) is 55.9. The first-order chi connectivity index (χ1) is 40.8. The largest absolute Gasteiger partial charge is 3.00 e. The standard InChI is InChI=1S/C76H48N3O.Ir/c1-50-39-42-79-74(43-50)58-36-37-68(71(48-58)57-16-14-15-55(44-57)56-35-38-70-69-23-8-9-26-75(69)80-76(70)49-56)67-22-7-6-21-66(67)61-46-59(64-19-4-2-17-62(64)51-27-31-53(32-28-51)72-24-10-12-40-77-72)45-60(47-61)65-20-5-3-18-63(65)52-29-33-54(34-30-52)73-25-11-13-41-78-73;/h2-31,33,35,37-49H,1H3;/q-3;+3/i1D3;. The number of hydrogen-bond donors (Lipinski definition) is 0. The Kier molecular flexibility index (Phi) is 12.9. The molecule has 0 aliphatic carbocycles. The summed E-state index contributed by atoms with van der Waals surface area (Å²) in [6.07, 6.45) is 5.18. The Morgan fingerprint density at radius 2 is 0.802 bits per heavy atom. The van der Waals surface area contributed by atoms with E-state index in [0.717, 1.165) is 133 Å². The summed E-state index contributed by atoms with van der Waals surface area (Å²) >= 11 is 0. The Morgan fingerprint density at radius 3 is 1.40 bits per heavy atom. The molecule has 4 heterocycles. The van der Waals surface area contributed by atoms with Gasteiger partial charge in [-0.05, 0) is 135 Å². The second kappa shape index (κ2) is 22.1. The van der Waals surface area contributed by atoms with E-state index in [1.54, 1.807) is 30.7 Å². The van der Waals surface area contributed by atoms with Crippen LogP contribution in [0.4, 0.5) is 0 Å². The van der Waals surface area contributed by atoms with Crippen molar-refractivity contribution in [2.45, 2.75) is 6.85 Å². The van der Waals surface area contributed by atoms with Gasteiger partial charge in [0.05, 0.1) is 0 Å². The van der Waals surface area contributed by atoms with Gasteiger partial charge < -0.3 is 19.4 Å². The van der Waals surface area contributed by atoms with E-state index >= 15 is 0 Å². The van der Waals surface area contributed by atoms with Crippen LogP contribution in [0.2, 0.25) is 0 Å². The monoisotopic (exact) mass is 1210 g/mol. The third-order valence-electron chi connectivity index (χ3n) is 14.9. The Morgan fingerprint density at radius 1 is 0.309 bits per heavy atom. The average molecular weight is 1210 g/mol. The van der Waals surface area contributed by atoms with E-state index < -0.39 is 6.85 Å². The molecule has 0 atom stereocenters. The van der Waals surface area contributed by atoms with Crippen molar-refractivity contribution in [1.82, 2.24) is 15.0 Å². The molecule has 5 heteroatoms. The van der Waals surface area contributed by atoms with Crippen LogP contribution in [-0.4, -0.2) is 15.0 Å². The normalized spacial score (nSPS) is 11.9. The maximum absolute atomic E-state index is 8.26. The van der Waals surface area contributed by atoms with E-state index in [9.17, 15) is 0 Å². The third kappa shape index (κ3) is 10.0. The minimum atomic E-state index is -2.31. The summed E-state index contributed by atoms with van der Waals surface area (Å²) < 4.78 is 31.1. The number of aryl methyl sites for hydroxylation is 1. The molecular weight excluding hydrogens is 1160 g/mol. The van der Waals surface area contributed by atoms with Gasteiger partial charge in [0, 0.05) is 33.5 Å². The summed E-state index contributed by atoms with van der Waals surface area (Å²) in [5.41, 5.74) is 23.0. The molecule has 10 aromatic carbocycles. The molecule has 4 aromatic heterocycles. The van der Waals surface area contributed by atoms with Crippen LogP contribution in [0.15, 0.2) is 278 Å². The molecule has 81 heavy (non-hydrogen) atoms. The number of benzene rings is 10. The van der Waals surface area contributed by atoms with Crippen LogP contribution in [0.1, 0.15) is 9.68 Å². The smallest absolute Gasteiger partial charge is 0.456 e. The zero-order valence-electron chi connectivity index (χ0n) is 46.6. The van der Waals surface area contributed by atoms with Gasteiger partial charge in [0.25, 0.3) is 0 Å². The van der Waals surface area contributed by atoms with Gasteiger partial charge in [0.15, 0.2) is 0 Å². The number of para-hydroxylation sites is 1. The third-order valence-corrected chi connectivity index (χ3v) is 14.9. The Labute approximate surface area is 489 Å². The fourth-order valence-corrected chi connectivity index (χ4v) is 11.0. The molecule has 0 saturated carbocycles. The zero-order valence-corrected chi connectivity index (χ0v) is 46.0. The molecule has 14 aromatic rings. The van der Waals surface area contributed by atoms with E-state index in [4.69, 9.17) is 13.5 Å². The second-order valence-corrected chi connectivity index (χ2v) is 19.8. The molecule has 0 radical (unpaired) electrons. The van der Waals surface area contributed by atoms with E-state index in [1.165, 1.54) is 0 Å². The SMILES string of the molecule is [2H]C([2H])([2H])c1ccnc(-c2[c-]cc(-c3ccccc3-c3cc(-c4ccccc4-c4c[c-]c(-c5ccccn5)cc4)cc(-c4ccccc4-c4c[c-]c(-c5ccccn5)cc4)c3)c(-c3cccc(-c4ccc5c(c4)oc4ccccc45)c3)c2)c1.[Ir+3]. The van der Waals surface area contributed by atoms with Crippen molar-refractivity contribution < 1.29 is 28.6 Å². The molecule has 0 unspecified atom stereocenters. The number of nitrogens with zero attached hydrogens (tertiary/aromatic N) is 3. The predicted molar refractivity (Wildman–Crippen MR) is 328 cm³/mol. The van der Waals surface area contributed by atoms with Crippen LogP contribution < -0.4 is 0 Å². The molecule has 0 N–H and O–H groups in total. The summed E-state index contributed by atoms with van der Waals surface area (Å²) in [5.74, 6) is 0. The molecule has 0 aliphatic heterocycles. The Hall–Kier alpha value is -9.90. The number of furan rings is 1. The van der Waals surface area contributed by atoms with Crippen molar-refractivity contribution in [3.63, 3.8) is 0 Å². The molecule has 0 fully saturated rings. The van der Waals surface area contributed by atoms with E-state index in [1.807, 2.05) is 60.7 Å². The van der Waals surface area contributed by atoms with E-state index in [-0.39, 0.29) is 25.7 Å². The molecule has 0 spiro atoms. The Balaban J connectivity index is 0.00000658. The van der Waals surface area contributed by atoms with Crippen molar-refractivity contribution in [3.8, 4) is 123 Å². The summed E-state index contributed by atoms with van der Waals surface area (Å²) in [7, 11) is 0. The van der Waals surface area contributed by atoms with Crippen molar-refractivity contribution in [3.05, 3.63) is 297 Å².